The van der Waals surface area contributed by atoms with Gasteiger partial charge in [-0.05, 0) is 43.2 Å². The third kappa shape index (κ3) is 3.00. The fraction of sp³-hybridized carbons (Fsp3) is 0.304. The minimum atomic E-state index is -0.624. The molecule has 4 nitrogen and oxygen atoms in total. The summed E-state index contributed by atoms with van der Waals surface area (Å²) in [6, 6.07) is 9.61. The van der Waals surface area contributed by atoms with Crippen molar-refractivity contribution in [2.75, 3.05) is 0 Å². The summed E-state index contributed by atoms with van der Waals surface area (Å²) in [6.07, 6.45) is 2.36. The van der Waals surface area contributed by atoms with E-state index in [9.17, 15) is 18.0 Å². The van der Waals surface area contributed by atoms with Crippen molar-refractivity contribution in [3.8, 4) is 11.3 Å². The molecular formula is C23H20F3N3O. The Kier molecular flexibility index (Phi) is 4.41. The maximum Gasteiger partial charge on any atom is 0.220 e. The van der Waals surface area contributed by atoms with Crippen molar-refractivity contribution < 1.29 is 18.0 Å². The maximum atomic E-state index is 14.3. The van der Waals surface area contributed by atoms with E-state index < -0.39 is 11.6 Å². The molecule has 2 atom stereocenters. The van der Waals surface area contributed by atoms with Gasteiger partial charge in [-0.3, -0.25) is 9.48 Å². The van der Waals surface area contributed by atoms with Gasteiger partial charge in [0, 0.05) is 47.8 Å². The SMILES string of the molecule is CC(=O)N1C2CCC1c1c(-c3ccc(F)cc3)nn(Cc3ccc(F)cc3F)c1C2. The molecule has 2 bridgehead atoms. The molecule has 3 heterocycles. The second-order valence-corrected chi connectivity index (χ2v) is 7.99. The lowest BCUT2D eigenvalue weighted by Crippen LogP contribution is -2.41. The standard InChI is InChI=1S/C23H20F3N3O/c1-13(30)29-18-8-9-20(29)22-21(11-18)28(12-15-4-7-17(25)10-19(15)26)27-23(22)14-2-5-16(24)6-3-14/h2-7,10,18,20H,8-9,11-12H2,1H3. The van der Waals surface area contributed by atoms with Crippen LogP contribution >= 0.6 is 0 Å². The lowest BCUT2D eigenvalue weighted by atomic mass is 9.94. The first-order valence-electron chi connectivity index (χ1n) is 10.0. The predicted octanol–water partition coefficient (Wildman–Crippen LogP) is 4.62. The van der Waals surface area contributed by atoms with Crippen LogP contribution in [0.4, 0.5) is 13.2 Å². The van der Waals surface area contributed by atoms with Gasteiger partial charge < -0.3 is 4.90 Å². The first-order chi connectivity index (χ1) is 14.4. The van der Waals surface area contributed by atoms with Crippen molar-refractivity contribution in [1.29, 1.82) is 0 Å². The summed E-state index contributed by atoms with van der Waals surface area (Å²) in [4.78, 5) is 14.2. The van der Waals surface area contributed by atoms with Crippen molar-refractivity contribution in [2.45, 2.75) is 44.8 Å². The van der Waals surface area contributed by atoms with Gasteiger partial charge in [0.25, 0.3) is 0 Å². The Bertz CT molecular complexity index is 1140. The van der Waals surface area contributed by atoms with Gasteiger partial charge in [0.15, 0.2) is 0 Å². The van der Waals surface area contributed by atoms with Gasteiger partial charge in [-0.25, -0.2) is 13.2 Å². The molecular weight excluding hydrogens is 391 g/mol. The lowest BCUT2D eigenvalue weighted by Gasteiger charge is -2.34. The third-order valence-electron chi connectivity index (χ3n) is 6.18. The number of hydrogen-bond acceptors (Lipinski definition) is 2. The molecule has 0 saturated carbocycles. The molecule has 1 fully saturated rings. The number of hydrogen-bond donors (Lipinski definition) is 0. The molecule has 2 aliphatic rings. The smallest absolute Gasteiger partial charge is 0.220 e. The molecule has 0 radical (unpaired) electrons. The zero-order valence-corrected chi connectivity index (χ0v) is 16.4. The molecule has 7 heteroatoms. The number of fused-ring (bicyclic) bond motifs is 4. The molecule has 0 aliphatic carbocycles. The summed E-state index contributed by atoms with van der Waals surface area (Å²) in [6.45, 7) is 1.74. The van der Waals surface area contributed by atoms with Crippen LogP contribution in [0.25, 0.3) is 11.3 Å². The van der Waals surface area contributed by atoms with E-state index in [0.29, 0.717) is 17.7 Å². The van der Waals surface area contributed by atoms with Crippen LogP contribution in [-0.4, -0.2) is 26.6 Å². The molecule has 1 aromatic heterocycles. The Morgan fingerprint density at radius 1 is 1.07 bits per heavy atom. The van der Waals surface area contributed by atoms with Gasteiger partial charge in [0.2, 0.25) is 5.91 Å². The summed E-state index contributed by atoms with van der Waals surface area (Å²) < 4.78 is 42.9. The average molecular weight is 411 g/mol. The second-order valence-electron chi connectivity index (χ2n) is 7.99. The van der Waals surface area contributed by atoms with Gasteiger partial charge in [-0.2, -0.15) is 5.10 Å². The van der Waals surface area contributed by atoms with Crippen LogP contribution in [0.3, 0.4) is 0 Å². The van der Waals surface area contributed by atoms with Gasteiger partial charge in [-0.1, -0.05) is 6.07 Å². The Labute approximate surface area is 171 Å². The van der Waals surface area contributed by atoms with Gasteiger partial charge in [-0.15, -0.1) is 0 Å². The quantitative estimate of drug-likeness (QED) is 0.631. The van der Waals surface area contributed by atoms with E-state index in [4.69, 9.17) is 5.10 Å². The zero-order chi connectivity index (χ0) is 21.0. The molecule has 154 valence electrons. The fourth-order valence-corrected chi connectivity index (χ4v) is 4.91. The van der Waals surface area contributed by atoms with Crippen LogP contribution in [-0.2, 0) is 17.8 Å². The number of benzene rings is 2. The topological polar surface area (TPSA) is 38.1 Å². The minimum Gasteiger partial charge on any atom is -0.332 e. The zero-order valence-electron chi connectivity index (χ0n) is 16.4. The number of rotatable bonds is 3. The molecule has 30 heavy (non-hydrogen) atoms. The van der Waals surface area contributed by atoms with E-state index in [2.05, 4.69) is 0 Å². The first kappa shape index (κ1) is 18.9. The Hall–Kier alpha value is -3.09. The number of carbonyl (C=O) groups is 1. The largest absolute Gasteiger partial charge is 0.332 e. The van der Waals surface area contributed by atoms with E-state index in [1.54, 1.807) is 23.7 Å². The third-order valence-corrected chi connectivity index (χ3v) is 6.18. The Morgan fingerprint density at radius 2 is 1.80 bits per heavy atom. The highest BCUT2D eigenvalue weighted by Gasteiger charge is 2.45. The number of nitrogens with zero attached hydrogens (tertiary/aromatic N) is 3. The summed E-state index contributed by atoms with van der Waals surface area (Å²) >= 11 is 0. The first-order valence-corrected chi connectivity index (χ1v) is 10.0. The van der Waals surface area contributed by atoms with Crippen LogP contribution in [0, 0.1) is 17.5 Å². The van der Waals surface area contributed by atoms with Crippen LogP contribution in [0.5, 0.6) is 0 Å². The summed E-state index contributed by atoms with van der Waals surface area (Å²) in [5, 5.41) is 4.76. The number of amides is 1. The monoisotopic (exact) mass is 411 g/mol. The van der Waals surface area contributed by atoms with Crippen LogP contribution in [0.15, 0.2) is 42.5 Å². The van der Waals surface area contributed by atoms with Crippen molar-refractivity contribution in [3.63, 3.8) is 0 Å². The molecule has 5 rings (SSSR count). The van der Waals surface area contributed by atoms with Crippen LogP contribution in [0.2, 0.25) is 0 Å². The van der Waals surface area contributed by atoms with Crippen molar-refractivity contribution in [1.82, 2.24) is 14.7 Å². The molecule has 3 aromatic rings. The predicted molar refractivity (Wildman–Crippen MR) is 105 cm³/mol. The minimum absolute atomic E-state index is 0.0236. The highest BCUT2D eigenvalue weighted by molar-refractivity contribution is 5.77. The Morgan fingerprint density at radius 3 is 2.50 bits per heavy atom. The van der Waals surface area contributed by atoms with Crippen molar-refractivity contribution in [3.05, 3.63) is 76.7 Å². The van der Waals surface area contributed by atoms with Crippen LogP contribution in [0.1, 0.15) is 42.6 Å². The highest BCUT2D eigenvalue weighted by Crippen LogP contribution is 2.47. The highest BCUT2D eigenvalue weighted by atomic mass is 19.1. The molecule has 0 spiro atoms. The van der Waals surface area contributed by atoms with Gasteiger partial charge >= 0.3 is 0 Å². The molecule has 1 amide bonds. The number of carbonyl (C=O) groups excluding carboxylic acids is 1. The van der Waals surface area contributed by atoms with Gasteiger partial charge in [0.1, 0.15) is 17.5 Å². The van der Waals surface area contributed by atoms with E-state index in [1.807, 2.05) is 4.90 Å². The summed E-state index contributed by atoms with van der Waals surface area (Å²) in [7, 11) is 0. The van der Waals surface area contributed by atoms with Crippen LogP contribution < -0.4 is 0 Å². The molecule has 2 unspecified atom stereocenters. The van der Waals surface area contributed by atoms with E-state index in [1.165, 1.54) is 24.3 Å². The molecule has 1 saturated heterocycles. The van der Waals surface area contributed by atoms with Gasteiger partial charge in [0.05, 0.1) is 18.3 Å². The van der Waals surface area contributed by atoms with Crippen molar-refractivity contribution >= 4 is 5.91 Å². The molecule has 0 N–H and O–H groups in total. The Balaban J connectivity index is 1.65. The molecule has 2 aromatic carbocycles. The normalized spacial score (nSPS) is 19.8. The average Bonchev–Trinajstić information content (AvgIpc) is 3.22. The maximum absolute atomic E-state index is 14.3. The van der Waals surface area contributed by atoms with Crippen molar-refractivity contribution in [2.24, 2.45) is 0 Å². The summed E-state index contributed by atoms with van der Waals surface area (Å²) in [5.74, 6) is -1.56. The number of halogens is 3. The second kappa shape index (κ2) is 7.00. The number of aromatic nitrogens is 2. The fourth-order valence-electron chi connectivity index (χ4n) is 4.91. The van der Waals surface area contributed by atoms with E-state index >= 15 is 0 Å². The van der Waals surface area contributed by atoms with E-state index in [0.717, 1.165) is 35.7 Å². The lowest BCUT2D eigenvalue weighted by molar-refractivity contribution is -0.132. The molecule has 2 aliphatic heterocycles. The van der Waals surface area contributed by atoms with E-state index in [-0.39, 0.29) is 30.4 Å². The summed E-state index contributed by atoms with van der Waals surface area (Å²) in [5.41, 5.74) is 3.69.